The molecule has 0 amide bonds. The first-order valence-electron chi connectivity index (χ1n) is 37.2. The summed E-state index contributed by atoms with van der Waals surface area (Å²) in [6, 6.07) is 40.3. The minimum Gasteiger partial charge on any atom is -0.497 e. The van der Waals surface area contributed by atoms with Crippen LogP contribution in [0, 0.1) is 36.2 Å². The summed E-state index contributed by atoms with van der Waals surface area (Å²) in [6.07, 6.45) is 17.3. The van der Waals surface area contributed by atoms with Gasteiger partial charge in [0.15, 0.2) is 17.5 Å². The van der Waals surface area contributed by atoms with Crippen LogP contribution in [-0.4, -0.2) is 116 Å². The Morgan fingerprint density at radius 3 is 1.08 bits per heavy atom. The highest BCUT2D eigenvalue weighted by atomic mass is 35.5. The molecule has 9 aromatic heterocycles. The highest BCUT2D eigenvalue weighted by Crippen LogP contribution is 2.44. The van der Waals surface area contributed by atoms with Gasteiger partial charge in [-0.25, -0.2) is 83.3 Å². The molecule has 6 aromatic carbocycles. The van der Waals surface area contributed by atoms with Crippen molar-refractivity contribution in [2.45, 2.75) is 73.0 Å². The molecule has 620 valence electrons. The van der Waals surface area contributed by atoms with E-state index in [0.29, 0.717) is 116 Å². The summed E-state index contributed by atoms with van der Waals surface area (Å²) >= 11 is 36.9. The number of benzene rings is 6. The topological polar surface area (TPSA) is 316 Å². The quantitative estimate of drug-likeness (QED) is 0.0413. The van der Waals surface area contributed by atoms with E-state index in [1.165, 1.54) is 98.1 Å². The van der Waals surface area contributed by atoms with Crippen molar-refractivity contribution in [1.29, 1.82) is 0 Å². The number of imidazole rings is 3. The molecule has 0 bridgehead atoms. The molecule has 2 aliphatic carbocycles. The first-order valence-corrected chi connectivity index (χ1v) is 43.9. The minimum atomic E-state index is -4.34. The molecule has 121 heavy (non-hydrogen) atoms. The Kier molecular flexibility index (Phi) is 24.8. The summed E-state index contributed by atoms with van der Waals surface area (Å²) in [6.45, 7) is 1.64. The number of pyridine rings is 3. The van der Waals surface area contributed by atoms with Crippen LogP contribution in [0.15, 0.2) is 210 Å². The maximum atomic E-state index is 16.2. The van der Waals surface area contributed by atoms with Crippen molar-refractivity contribution in [2.75, 3.05) is 42.1 Å². The Labute approximate surface area is 721 Å². The average molecular weight is 1810 g/mol. The number of aliphatic hydroxyl groups excluding tert-OH is 1. The highest BCUT2D eigenvalue weighted by molar-refractivity contribution is 7.93. The molecule has 15 aromatic rings. The van der Waals surface area contributed by atoms with E-state index in [4.69, 9.17) is 104 Å². The molecule has 0 aliphatic heterocycles. The molecule has 0 atom stereocenters. The SMILES string of the molecule is COc1ccn2c(-c3ccnc(CC4CC4)n3)c(-c3cccc(NS(=O)(=O)c4c(Cl)ccc(C)c4Cl)c3F)nc2c1.COc1ccn2c(-c3ccnc(CC4CC4)n3)c(-c3cccc(NS(=O)(=O)c4c(Cl)cccc4Cl)c3F)nc2c1.COc1ccn2c(-c3ccnc(CCCO)n3)c(-c3cccc(NS(=O)(=O)c4c(Cl)cccc4Cl)c3F)nc2c1. The van der Waals surface area contributed by atoms with Crippen LogP contribution in [-0.2, 0) is 49.3 Å². The van der Waals surface area contributed by atoms with Gasteiger partial charge < -0.3 is 19.3 Å². The molecule has 2 fully saturated rings. The monoisotopic (exact) mass is 1810 g/mol. The van der Waals surface area contributed by atoms with Crippen molar-refractivity contribution < 1.29 is 57.7 Å². The number of nitrogens with zero attached hydrogens (tertiary/aromatic N) is 12. The zero-order chi connectivity index (χ0) is 85.3. The van der Waals surface area contributed by atoms with E-state index < -0.39 is 47.5 Å². The van der Waals surface area contributed by atoms with Gasteiger partial charge in [0.2, 0.25) is 0 Å². The summed E-state index contributed by atoms with van der Waals surface area (Å²) in [5, 5.41) is 8.73. The van der Waals surface area contributed by atoms with Crippen LogP contribution >= 0.6 is 69.6 Å². The predicted octanol–water partition coefficient (Wildman–Crippen LogP) is 19.3. The van der Waals surface area contributed by atoms with Gasteiger partial charge in [-0.15, -0.1) is 0 Å². The highest BCUT2D eigenvalue weighted by Gasteiger charge is 2.33. The Morgan fingerprint density at radius 1 is 0.421 bits per heavy atom. The zero-order valence-corrected chi connectivity index (χ0v) is 71.1. The predicted molar refractivity (Wildman–Crippen MR) is 459 cm³/mol. The van der Waals surface area contributed by atoms with Crippen molar-refractivity contribution in [3.05, 3.63) is 266 Å². The number of aromatic nitrogens is 12. The number of halogens is 9. The fraction of sp³-hybridized carbons (Fsp3) is 0.179. The number of anilines is 3. The van der Waals surface area contributed by atoms with E-state index in [9.17, 15) is 30.4 Å². The fourth-order valence-electron chi connectivity index (χ4n) is 13.4. The second-order valence-electron chi connectivity index (χ2n) is 27.9. The van der Waals surface area contributed by atoms with Crippen LogP contribution in [0.2, 0.25) is 30.1 Å². The van der Waals surface area contributed by atoms with Crippen molar-refractivity contribution in [3.8, 4) is 85.2 Å². The molecule has 0 radical (unpaired) electrons. The normalized spacial score (nSPS) is 12.9. The minimum absolute atomic E-state index is 0.0123. The summed E-state index contributed by atoms with van der Waals surface area (Å²) in [5.41, 5.74) is 5.13. The lowest BCUT2D eigenvalue weighted by molar-refractivity contribution is 0.287. The third-order valence-electron chi connectivity index (χ3n) is 19.6. The number of aliphatic hydroxyl groups is 1. The summed E-state index contributed by atoms with van der Waals surface area (Å²) < 4.78 is 156. The summed E-state index contributed by atoms with van der Waals surface area (Å²) in [4.78, 5) is 40.4. The number of hydrogen-bond donors (Lipinski definition) is 4. The first-order chi connectivity index (χ1) is 58.1. The number of methoxy groups -OCH3 is 3. The largest absolute Gasteiger partial charge is 0.497 e. The van der Waals surface area contributed by atoms with Gasteiger partial charge in [0.05, 0.1) is 103 Å². The third-order valence-corrected chi connectivity index (χ3v) is 26.7. The smallest absolute Gasteiger partial charge is 0.264 e. The molecule has 0 unspecified atom stereocenters. The van der Waals surface area contributed by atoms with Gasteiger partial charge in [0, 0.05) is 97.9 Å². The standard InChI is InChI=1S/C29H24Cl2FN5O3S.C28H22Cl2FN5O3S.C27H22Cl2FN5O4S/c1-16-6-9-20(30)29(25(16)31)41(38,39)36-21-5-3-4-19(26(21)32)27-28(37-13-11-18(40-2)15-24(37)35-27)22-10-12-33-23(34-22)14-17-7-8-17;1-39-17-11-13-36-24(15-17)34-26(27(36)22-10-12-32-23(33-22)14-16-8-9-16)18-4-2-7-21(25(18)31)35-40(37,38)28-19(29)5-3-6-20(28)30;1-39-16-11-13-35-23(15-16)33-25(26(35)21-10-12-31-22(32-21)9-4-14-36)17-5-2-8-20(24(17)30)34-40(37,38)27-18(28)6-3-7-19(27)29/h3-6,9-13,15,17,36H,7-8,14H2,1-2H3;2-7,10-13,15-16,35H,8-9,14H2,1H3;2-3,5-8,10-13,15,34,36H,4,9,14H2,1H3. The number of nitrogens with one attached hydrogen (secondary N) is 3. The van der Waals surface area contributed by atoms with Crippen molar-refractivity contribution in [3.63, 3.8) is 0 Å². The van der Waals surface area contributed by atoms with Crippen LogP contribution in [0.3, 0.4) is 0 Å². The van der Waals surface area contributed by atoms with E-state index in [1.54, 1.807) is 138 Å². The Morgan fingerprint density at radius 2 is 0.744 bits per heavy atom. The Hall–Kier alpha value is -11.2. The van der Waals surface area contributed by atoms with Crippen molar-refractivity contribution >= 4 is 134 Å². The van der Waals surface area contributed by atoms with Crippen LogP contribution < -0.4 is 28.4 Å². The molecule has 9 heterocycles. The van der Waals surface area contributed by atoms with Crippen LogP contribution in [0.4, 0.5) is 30.2 Å². The van der Waals surface area contributed by atoms with E-state index >= 15 is 13.2 Å². The third kappa shape index (κ3) is 18.1. The summed E-state index contributed by atoms with van der Waals surface area (Å²) in [7, 11) is -8.39. The Bertz CT molecular complexity index is 6890. The van der Waals surface area contributed by atoms with Crippen molar-refractivity contribution in [1.82, 2.24) is 58.1 Å². The van der Waals surface area contributed by atoms with Gasteiger partial charge >= 0.3 is 0 Å². The van der Waals surface area contributed by atoms with Crippen LogP contribution in [0.1, 0.15) is 55.1 Å². The second-order valence-corrected chi connectivity index (χ2v) is 35.2. The molecule has 17 rings (SSSR count). The van der Waals surface area contributed by atoms with Gasteiger partial charge in [-0.1, -0.05) is 106 Å². The molecule has 0 spiro atoms. The number of fused-ring (bicyclic) bond motifs is 3. The van der Waals surface area contributed by atoms with Crippen LogP contribution in [0.5, 0.6) is 17.2 Å². The molecule has 2 aliphatic rings. The van der Waals surface area contributed by atoms with E-state index in [0.717, 1.165) is 38.5 Å². The van der Waals surface area contributed by atoms with Crippen LogP contribution in [0.25, 0.3) is 84.9 Å². The van der Waals surface area contributed by atoms with E-state index in [2.05, 4.69) is 39.1 Å². The van der Waals surface area contributed by atoms with Gasteiger partial charge in [-0.2, -0.15) is 0 Å². The van der Waals surface area contributed by atoms with E-state index in [1.807, 2.05) is 0 Å². The number of sulfonamides is 3. The molecular weight excluding hydrogens is 1740 g/mol. The fourth-order valence-corrected chi connectivity index (χ4v) is 20.1. The lowest BCUT2D eigenvalue weighted by atomic mass is 10.1. The molecule has 37 heteroatoms. The average Bonchev–Trinajstić information content (AvgIpc) is 1.45. The first kappa shape index (κ1) is 84.8. The van der Waals surface area contributed by atoms with Gasteiger partial charge in [-0.05, 0) is 160 Å². The number of aryl methyl sites for hydroxylation is 2. The summed E-state index contributed by atoms with van der Waals surface area (Å²) in [5.74, 6) is 2.25. The Balaban J connectivity index is 0.000000141. The molecule has 4 N–H and O–H groups in total. The molecule has 0 saturated heterocycles. The number of ether oxygens (including phenoxy) is 3. The van der Waals surface area contributed by atoms with Gasteiger partial charge in [0.1, 0.15) is 83.4 Å². The lowest BCUT2D eigenvalue weighted by Crippen LogP contribution is -2.15. The zero-order valence-electron chi connectivity index (χ0n) is 64.1. The maximum absolute atomic E-state index is 16.2. The molecule has 25 nitrogen and oxygen atoms in total. The van der Waals surface area contributed by atoms with Gasteiger partial charge in [-0.3, -0.25) is 27.4 Å². The molecule has 2 saturated carbocycles. The maximum Gasteiger partial charge on any atom is 0.264 e. The molecular formula is C84H68Cl6F3N15O10S3. The number of hydrogen-bond acceptors (Lipinski definition) is 19. The number of rotatable bonds is 25. The van der Waals surface area contributed by atoms with Gasteiger partial charge in [0.25, 0.3) is 30.1 Å². The van der Waals surface area contributed by atoms with Crippen molar-refractivity contribution in [2.24, 2.45) is 11.8 Å². The lowest BCUT2D eigenvalue weighted by Gasteiger charge is -2.14. The van der Waals surface area contributed by atoms with E-state index in [-0.39, 0.29) is 102 Å². The second kappa shape index (κ2) is 35.5.